The highest BCUT2D eigenvalue weighted by Crippen LogP contribution is 2.27. The van der Waals surface area contributed by atoms with E-state index in [1.165, 1.54) is 6.08 Å². The van der Waals surface area contributed by atoms with Crippen molar-refractivity contribution < 1.29 is 9.53 Å². The van der Waals surface area contributed by atoms with Crippen molar-refractivity contribution in [2.24, 2.45) is 0 Å². The first-order valence-electron chi connectivity index (χ1n) is 8.92. The normalized spacial score (nSPS) is 13.9. The van der Waals surface area contributed by atoms with Crippen molar-refractivity contribution in [3.63, 3.8) is 0 Å². The second-order valence-electron chi connectivity index (χ2n) is 6.32. The fraction of sp³-hybridized carbons (Fsp3) is 0.350. The molecule has 3 rings (SSSR count). The summed E-state index contributed by atoms with van der Waals surface area (Å²) in [5, 5.41) is 13.7. The molecule has 7 nitrogen and oxygen atoms in total. The molecule has 0 radical (unpaired) electrons. The number of pyridine rings is 1. The molecule has 1 fully saturated rings. The molecule has 0 atom stereocenters. The average Bonchev–Trinajstić information content (AvgIpc) is 2.65. The number of aromatic nitrogens is 1. The zero-order valence-corrected chi connectivity index (χ0v) is 15.3. The zero-order chi connectivity index (χ0) is 19.4. The molecule has 1 aliphatic heterocycles. The Morgan fingerprint density at radius 3 is 2.85 bits per heavy atom. The van der Waals surface area contributed by atoms with Crippen LogP contribution in [0, 0.1) is 11.3 Å². The maximum absolute atomic E-state index is 12.9. The Kier molecular flexibility index (Phi) is 5.57. The van der Waals surface area contributed by atoms with Gasteiger partial charge in [-0.3, -0.25) is 9.59 Å². The lowest BCUT2D eigenvalue weighted by Crippen LogP contribution is -2.56. The third kappa shape index (κ3) is 3.57. The van der Waals surface area contributed by atoms with Gasteiger partial charge in [-0.1, -0.05) is 24.8 Å². The number of nitrogens with zero attached hydrogens (tertiary/aromatic N) is 3. The summed E-state index contributed by atoms with van der Waals surface area (Å²) in [7, 11) is 0. The Labute approximate surface area is 157 Å². The number of nitrogens with one attached hydrogen (secondary N) is 1. The zero-order valence-electron chi connectivity index (χ0n) is 15.3. The molecule has 27 heavy (non-hydrogen) atoms. The molecule has 1 N–H and O–H groups in total. The topological polar surface area (TPSA) is 87.4 Å². The predicted octanol–water partition coefficient (Wildman–Crippen LogP) is 1.72. The fourth-order valence-electron chi connectivity index (χ4n) is 3.27. The van der Waals surface area contributed by atoms with E-state index < -0.39 is 0 Å². The van der Waals surface area contributed by atoms with Crippen molar-refractivity contribution in [2.45, 2.75) is 19.5 Å². The number of anilines is 1. The van der Waals surface area contributed by atoms with Gasteiger partial charge >= 0.3 is 0 Å². The monoisotopic (exact) mass is 366 g/mol. The number of benzene rings is 1. The summed E-state index contributed by atoms with van der Waals surface area (Å²) in [6.07, 6.45) is 1.28. The molecule has 0 saturated carbocycles. The SMILES string of the molecule is C=CC(=O)N1CC(Nc2c(C#N)c(=O)n(CCOCC)c3ccccc23)C1. The Hall–Kier alpha value is -3.11. The van der Waals surface area contributed by atoms with Crippen LogP contribution < -0.4 is 10.9 Å². The number of para-hydroxylation sites is 1. The Balaban J connectivity index is 1.97. The lowest BCUT2D eigenvalue weighted by Gasteiger charge is -2.39. The van der Waals surface area contributed by atoms with E-state index >= 15 is 0 Å². The summed E-state index contributed by atoms with van der Waals surface area (Å²) >= 11 is 0. The van der Waals surface area contributed by atoms with Crippen molar-refractivity contribution in [3.05, 3.63) is 52.8 Å². The van der Waals surface area contributed by atoms with Gasteiger partial charge in [0.2, 0.25) is 5.91 Å². The number of hydrogen-bond acceptors (Lipinski definition) is 5. The van der Waals surface area contributed by atoms with Crippen LogP contribution in [0.2, 0.25) is 0 Å². The van der Waals surface area contributed by atoms with Crippen molar-refractivity contribution >= 4 is 22.5 Å². The molecule has 0 aliphatic carbocycles. The highest BCUT2D eigenvalue weighted by Gasteiger charge is 2.30. The maximum atomic E-state index is 12.9. The van der Waals surface area contributed by atoms with Crippen LogP contribution in [-0.4, -0.2) is 47.7 Å². The maximum Gasteiger partial charge on any atom is 0.271 e. The van der Waals surface area contributed by atoms with Gasteiger partial charge < -0.3 is 19.5 Å². The number of carbonyl (C=O) groups is 1. The van der Waals surface area contributed by atoms with E-state index in [1.807, 2.05) is 31.2 Å². The van der Waals surface area contributed by atoms with E-state index in [9.17, 15) is 14.9 Å². The van der Waals surface area contributed by atoms with Gasteiger partial charge in [0.05, 0.1) is 23.9 Å². The first kappa shape index (κ1) is 18.7. The Morgan fingerprint density at radius 2 is 2.19 bits per heavy atom. The van der Waals surface area contributed by atoms with Crippen molar-refractivity contribution in [2.75, 3.05) is 31.6 Å². The molecule has 140 valence electrons. The van der Waals surface area contributed by atoms with Crippen LogP contribution in [0.25, 0.3) is 10.9 Å². The van der Waals surface area contributed by atoms with Gasteiger partial charge in [-0.25, -0.2) is 0 Å². The van der Waals surface area contributed by atoms with Gasteiger partial charge in [-0.2, -0.15) is 5.26 Å². The van der Waals surface area contributed by atoms with Crippen molar-refractivity contribution in [1.82, 2.24) is 9.47 Å². The van der Waals surface area contributed by atoms with Gasteiger partial charge in [0, 0.05) is 31.6 Å². The summed E-state index contributed by atoms with van der Waals surface area (Å²) in [6, 6.07) is 9.53. The van der Waals surface area contributed by atoms with Crippen molar-refractivity contribution in [1.29, 1.82) is 5.26 Å². The molecule has 2 aromatic rings. The highest BCUT2D eigenvalue weighted by atomic mass is 16.5. The van der Waals surface area contributed by atoms with E-state index in [-0.39, 0.29) is 23.1 Å². The summed E-state index contributed by atoms with van der Waals surface area (Å²) < 4.78 is 6.96. The minimum absolute atomic E-state index is 0.0110. The lowest BCUT2D eigenvalue weighted by molar-refractivity contribution is -0.129. The lowest BCUT2D eigenvalue weighted by atomic mass is 10.0. The van der Waals surface area contributed by atoms with Gasteiger partial charge in [0.1, 0.15) is 11.6 Å². The van der Waals surface area contributed by atoms with E-state index in [2.05, 4.69) is 18.0 Å². The number of amides is 1. The first-order chi connectivity index (χ1) is 13.1. The average molecular weight is 366 g/mol. The second kappa shape index (κ2) is 8.06. The number of hydrogen-bond donors (Lipinski definition) is 1. The van der Waals surface area contributed by atoms with Gasteiger partial charge in [0.25, 0.3) is 5.56 Å². The first-order valence-corrected chi connectivity index (χ1v) is 8.92. The van der Waals surface area contributed by atoms with Crippen LogP contribution in [-0.2, 0) is 16.1 Å². The standard InChI is InChI=1S/C20H22N4O3/c1-3-18(25)23-12-14(13-23)22-19-15-7-5-6-8-17(15)24(9-10-27-4-2)20(26)16(19)11-21/h3,5-8,14,22H,1,4,9-10,12-13H2,2H3. The largest absolute Gasteiger partial charge is 0.380 e. The minimum atomic E-state index is -0.336. The minimum Gasteiger partial charge on any atom is -0.380 e. The quantitative estimate of drug-likeness (QED) is 0.595. The van der Waals surface area contributed by atoms with Crippen LogP contribution in [0.3, 0.4) is 0 Å². The Morgan fingerprint density at radius 1 is 1.44 bits per heavy atom. The van der Waals surface area contributed by atoms with Crippen LogP contribution in [0.5, 0.6) is 0 Å². The Bertz CT molecular complexity index is 968. The van der Waals surface area contributed by atoms with Crippen LogP contribution in [0.4, 0.5) is 5.69 Å². The van der Waals surface area contributed by atoms with E-state index in [0.717, 1.165) is 10.9 Å². The third-order valence-corrected chi connectivity index (χ3v) is 4.66. The number of fused-ring (bicyclic) bond motifs is 1. The molecular weight excluding hydrogens is 344 g/mol. The molecule has 1 aliphatic rings. The molecular formula is C20H22N4O3. The smallest absolute Gasteiger partial charge is 0.271 e. The molecule has 2 heterocycles. The van der Waals surface area contributed by atoms with E-state index in [0.29, 0.717) is 38.5 Å². The van der Waals surface area contributed by atoms with Gasteiger partial charge in [0.15, 0.2) is 0 Å². The summed E-state index contributed by atoms with van der Waals surface area (Å²) in [4.78, 5) is 26.2. The van der Waals surface area contributed by atoms with E-state index in [4.69, 9.17) is 4.74 Å². The van der Waals surface area contributed by atoms with Crippen LogP contribution in [0.15, 0.2) is 41.7 Å². The number of likely N-dealkylation sites (tertiary alicyclic amines) is 1. The molecule has 1 amide bonds. The summed E-state index contributed by atoms with van der Waals surface area (Å²) in [5.41, 5.74) is 1.03. The summed E-state index contributed by atoms with van der Waals surface area (Å²) in [6.45, 7) is 7.76. The van der Waals surface area contributed by atoms with Gasteiger partial charge in [-0.15, -0.1) is 0 Å². The molecule has 0 unspecified atom stereocenters. The molecule has 0 spiro atoms. The molecule has 7 heteroatoms. The van der Waals surface area contributed by atoms with Crippen LogP contribution in [0.1, 0.15) is 12.5 Å². The highest BCUT2D eigenvalue weighted by molar-refractivity contribution is 5.94. The van der Waals surface area contributed by atoms with E-state index in [1.54, 1.807) is 9.47 Å². The second-order valence-corrected chi connectivity index (χ2v) is 6.32. The number of carbonyl (C=O) groups excluding carboxylic acids is 1. The fourth-order valence-corrected chi connectivity index (χ4v) is 3.27. The third-order valence-electron chi connectivity index (χ3n) is 4.66. The number of rotatable bonds is 7. The molecule has 1 aromatic heterocycles. The number of ether oxygens (including phenoxy) is 1. The van der Waals surface area contributed by atoms with Crippen molar-refractivity contribution in [3.8, 4) is 6.07 Å². The summed E-state index contributed by atoms with van der Waals surface area (Å²) in [5.74, 6) is -0.121. The predicted molar refractivity (Wildman–Crippen MR) is 104 cm³/mol. The van der Waals surface area contributed by atoms with Crippen LogP contribution >= 0.6 is 0 Å². The molecule has 1 saturated heterocycles. The van der Waals surface area contributed by atoms with Gasteiger partial charge in [-0.05, 0) is 19.1 Å². The molecule has 0 bridgehead atoms. The number of nitriles is 1. The molecule has 1 aromatic carbocycles.